The number of halogens is 2. The maximum Gasteiger partial charge on any atom is 0.197 e. The lowest BCUT2D eigenvalue weighted by Gasteiger charge is -2.36. The number of nitrogens with zero attached hydrogens (tertiary/aromatic N) is 1. The second-order valence-corrected chi connectivity index (χ2v) is 19.2. The Morgan fingerprint density at radius 3 is 2.40 bits per heavy atom. The lowest BCUT2D eigenvalue weighted by Crippen LogP contribution is -2.28. The van der Waals surface area contributed by atoms with E-state index in [0.29, 0.717) is 11.1 Å². The van der Waals surface area contributed by atoms with E-state index in [9.17, 15) is 9.59 Å². The number of ketones is 2. The Bertz CT molecular complexity index is 2070. The first kappa shape index (κ1) is 26.7. The van der Waals surface area contributed by atoms with E-state index in [2.05, 4.69) is 78.9 Å². The molecule has 0 saturated heterocycles. The number of Topliss-reactive ketones (excluding diaryl/α,β-unsaturated/α-hetero) is 2. The molecule has 0 bridgehead atoms. The number of aromatic nitrogens is 1. The first-order valence-electron chi connectivity index (χ1n) is 14.4. The minimum absolute atomic E-state index is 0.115. The van der Waals surface area contributed by atoms with E-state index in [1.165, 1.54) is 40.0 Å². The maximum atomic E-state index is 13.3. The molecule has 43 heavy (non-hydrogen) atoms. The second-order valence-electron chi connectivity index (χ2n) is 12.9. The van der Waals surface area contributed by atoms with Gasteiger partial charge in [0.05, 0.1) is 29.2 Å². The molecule has 0 spiro atoms. The Morgan fingerprint density at radius 1 is 0.930 bits per heavy atom. The van der Waals surface area contributed by atoms with Gasteiger partial charge in [0, 0.05) is 46.6 Å². The van der Waals surface area contributed by atoms with Crippen LogP contribution in [-0.4, -0.2) is 24.2 Å². The summed E-state index contributed by atoms with van der Waals surface area (Å²) in [6, 6.07) is 7.03. The van der Waals surface area contributed by atoms with Crippen molar-refractivity contribution >= 4 is 65.6 Å². The van der Waals surface area contributed by atoms with Crippen LogP contribution in [0.2, 0.25) is 29.7 Å². The molecule has 1 unspecified atom stereocenters. The lowest BCUT2D eigenvalue weighted by atomic mass is 9.67. The molecular weight excluding hydrogens is 593 g/mol. The summed E-state index contributed by atoms with van der Waals surface area (Å²) in [6.07, 6.45) is 21.3. The number of fused-ring (bicyclic) bond motifs is 2. The van der Waals surface area contributed by atoms with E-state index in [1.807, 2.05) is 6.07 Å². The summed E-state index contributed by atoms with van der Waals surface area (Å²) in [5, 5.41) is 0.510. The standard InChI is InChI=1S/C36H27Cl2NO3Si/c1-43(2,3)18-39-22(13-27-35(40)25-15-28(37)29(38)16-26(25)36(27)41)14-32-30(39)17-31(42-32)23-11-9-21-8-7-19-5-4-6-20-10-12-24(23)34(21)33(19)20/h4,6-17,34H,5,18H2,1-3H3. The molecular formula is C36H27Cl2NO3Si. The van der Waals surface area contributed by atoms with Gasteiger partial charge < -0.3 is 8.98 Å². The van der Waals surface area contributed by atoms with Gasteiger partial charge in [-0.3, -0.25) is 9.59 Å². The molecule has 5 aliphatic carbocycles. The number of hydrogen-bond acceptors (Lipinski definition) is 3. The third kappa shape index (κ3) is 4.10. The Labute approximate surface area is 260 Å². The number of furan rings is 1. The maximum absolute atomic E-state index is 13.3. The van der Waals surface area contributed by atoms with Crippen molar-refractivity contribution in [3.63, 3.8) is 0 Å². The highest BCUT2D eigenvalue weighted by atomic mass is 35.5. The van der Waals surface area contributed by atoms with Gasteiger partial charge in [0.2, 0.25) is 0 Å². The predicted octanol–water partition coefficient (Wildman–Crippen LogP) is 9.51. The van der Waals surface area contributed by atoms with E-state index in [-0.39, 0.29) is 33.1 Å². The van der Waals surface area contributed by atoms with Crippen molar-refractivity contribution in [2.45, 2.75) is 32.2 Å². The van der Waals surface area contributed by atoms with Crippen molar-refractivity contribution in [1.82, 2.24) is 4.57 Å². The van der Waals surface area contributed by atoms with Crippen LogP contribution >= 0.6 is 23.2 Å². The van der Waals surface area contributed by atoms with Gasteiger partial charge in [0.1, 0.15) is 5.76 Å². The number of carbonyl (C=O) groups is 2. The number of allylic oxidation sites excluding steroid dienone is 15. The van der Waals surface area contributed by atoms with Crippen LogP contribution in [0, 0.1) is 5.92 Å². The molecule has 0 fully saturated rings. The van der Waals surface area contributed by atoms with E-state index < -0.39 is 8.07 Å². The van der Waals surface area contributed by atoms with Crippen molar-refractivity contribution in [1.29, 1.82) is 0 Å². The predicted molar refractivity (Wildman–Crippen MR) is 176 cm³/mol. The molecule has 5 aliphatic rings. The highest BCUT2D eigenvalue weighted by Gasteiger charge is 2.36. The monoisotopic (exact) mass is 619 g/mol. The molecule has 0 N–H and O–H groups in total. The number of benzene rings is 1. The fraction of sp³-hybridized carbons (Fsp3) is 0.167. The van der Waals surface area contributed by atoms with Crippen LogP contribution < -0.4 is 0 Å². The highest BCUT2D eigenvalue weighted by Crippen LogP contribution is 2.50. The molecule has 0 amide bonds. The first-order chi connectivity index (χ1) is 20.6. The fourth-order valence-corrected chi connectivity index (χ4v) is 8.51. The molecule has 0 radical (unpaired) electrons. The Balaban J connectivity index is 1.24. The fourth-order valence-electron chi connectivity index (χ4n) is 6.88. The summed E-state index contributed by atoms with van der Waals surface area (Å²) in [4.78, 5) is 26.6. The van der Waals surface area contributed by atoms with Gasteiger partial charge in [0.15, 0.2) is 17.1 Å². The minimum Gasteiger partial charge on any atom is -0.454 e. The van der Waals surface area contributed by atoms with Crippen LogP contribution in [0.5, 0.6) is 0 Å². The van der Waals surface area contributed by atoms with E-state index in [4.69, 9.17) is 27.6 Å². The van der Waals surface area contributed by atoms with Gasteiger partial charge in [-0.15, -0.1) is 0 Å². The molecule has 7 heteroatoms. The molecule has 0 aliphatic heterocycles. The summed E-state index contributed by atoms with van der Waals surface area (Å²) < 4.78 is 8.78. The van der Waals surface area contributed by atoms with Gasteiger partial charge in [0.25, 0.3) is 0 Å². The first-order valence-corrected chi connectivity index (χ1v) is 18.9. The van der Waals surface area contributed by atoms with E-state index in [1.54, 1.807) is 6.08 Å². The SMILES string of the molecule is C[Si](C)(C)Cn1c(C=C2C(=O)c3cc(Cl)c(Cl)cc3C2=O)cc2oc(C3=C4C=CC5=C6C(=CC=C(C=C3)C46)CC=C5)cc21. The molecule has 0 saturated carbocycles. The summed E-state index contributed by atoms with van der Waals surface area (Å²) in [5.41, 5.74) is 10.9. The molecule has 1 atom stereocenters. The van der Waals surface area contributed by atoms with E-state index in [0.717, 1.165) is 40.7 Å². The average molecular weight is 621 g/mol. The summed E-state index contributed by atoms with van der Waals surface area (Å²) in [5.74, 6) is 0.355. The molecule has 8 rings (SSSR count). The van der Waals surface area contributed by atoms with Crippen molar-refractivity contribution in [3.8, 4) is 0 Å². The van der Waals surface area contributed by atoms with Crippen molar-refractivity contribution in [3.05, 3.63) is 139 Å². The van der Waals surface area contributed by atoms with E-state index >= 15 is 0 Å². The molecule has 212 valence electrons. The van der Waals surface area contributed by atoms with Crippen LogP contribution in [0.4, 0.5) is 0 Å². The smallest absolute Gasteiger partial charge is 0.197 e. The Morgan fingerprint density at radius 2 is 1.67 bits per heavy atom. The third-order valence-corrected chi connectivity index (χ3v) is 10.7. The third-order valence-electron chi connectivity index (χ3n) is 8.75. The molecule has 2 heterocycles. The second kappa shape index (κ2) is 9.30. The lowest BCUT2D eigenvalue weighted by molar-refractivity contribution is 0.0990. The Hall–Kier alpha value is -3.90. The quantitative estimate of drug-likeness (QED) is 0.166. The number of carbonyl (C=O) groups excluding carboxylic acids is 2. The molecule has 2 aromatic heterocycles. The van der Waals surface area contributed by atoms with Crippen LogP contribution in [0.1, 0.15) is 38.6 Å². The highest BCUT2D eigenvalue weighted by molar-refractivity contribution is 6.75. The average Bonchev–Trinajstić information content (AvgIpc) is 3.59. The Kier molecular flexibility index (Phi) is 5.77. The van der Waals surface area contributed by atoms with Crippen molar-refractivity contribution < 1.29 is 14.0 Å². The molecule has 3 aromatic rings. The zero-order valence-corrected chi connectivity index (χ0v) is 26.4. The normalized spacial score (nSPS) is 20.3. The van der Waals surface area contributed by atoms with Crippen LogP contribution in [-0.2, 0) is 6.17 Å². The molecule has 4 nitrogen and oxygen atoms in total. The minimum atomic E-state index is -1.64. The van der Waals surface area contributed by atoms with Crippen molar-refractivity contribution in [2.24, 2.45) is 5.92 Å². The van der Waals surface area contributed by atoms with Gasteiger partial charge in [-0.1, -0.05) is 91.5 Å². The van der Waals surface area contributed by atoms with Gasteiger partial charge in [-0.05, 0) is 52.5 Å². The zero-order valence-electron chi connectivity index (χ0n) is 23.9. The summed E-state index contributed by atoms with van der Waals surface area (Å²) >= 11 is 12.3. The topological polar surface area (TPSA) is 52.2 Å². The summed E-state index contributed by atoms with van der Waals surface area (Å²) in [6.45, 7) is 6.90. The van der Waals surface area contributed by atoms with Gasteiger partial charge in [-0.2, -0.15) is 0 Å². The zero-order chi connectivity index (χ0) is 29.8. The number of rotatable bonds is 4. The molecule has 1 aromatic carbocycles. The van der Waals surface area contributed by atoms with Crippen LogP contribution in [0.15, 0.2) is 111 Å². The van der Waals surface area contributed by atoms with Crippen molar-refractivity contribution in [2.75, 3.05) is 0 Å². The number of hydrogen-bond donors (Lipinski definition) is 0. The van der Waals surface area contributed by atoms with Crippen LogP contribution in [0.3, 0.4) is 0 Å². The van der Waals surface area contributed by atoms with Crippen LogP contribution in [0.25, 0.3) is 22.7 Å². The van der Waals surface area contributed by atoms with Gasteiger partial charge >= 0.3 is 0 Å². The van der Waals surface area contributed by atoms with Gasteiger partial charge in [-0.25, -0.2) is 0 Å². The summed E-state index contributed by atoms with van der Waals surface area (Å²) in [7, 11) is -1.64. The largest absolute Gasteiger partial charge is 0.454 e.